The van der Waals surface area contributed by atoms with Crippen molar-refractivity contribution in [3.63, 3.8) is 0 Å². The van der Waals surface area contributed by atoms with Gasteiger partial charge in [0.05, 0.1) is 0 Å². The fourth-order valence-electron chi connectivity index (χ4n) is 8.30. The molecular weight excluding hydrogens is 853 g/mol. The molecule has 0 rings (SSSR count). The summed E-state index contributed by atoms with van der Waals surface area (Å²) in [6.45, 7) is 6.50. The third-order valence-corrected chi connectivity index (χ3v) is 12.7. The van der Waals surface area contributed by atoms with Crippen LogP contribution in [0.1, 0.15) is 290 Å². The first kappa shape index (κ1) is 65.8. The van der Waals surface area contributed by atoms with Crippen LogP contribution < -0.4 is 0 Å². The van der Waals surface area contributed by atoms with Gasteiger partial charge in [0.15, 0.2) is 6.10 Å². The first-order chi connectivity index (χ1) is 34.0. The first-order valence-electron chi connectivity index (χ1n) is 29.4. The number of rotatable bonds is 53. The Kier molecular flexibility index (Phi) is 54.8. The molecular formula is C63H110O6. The molecule has 6 nitrogen and oxygen atoms in total. The molecule has 0 aromatic heterocycles. The molecule has 0 aliphatic heterocycles. The number of hydrogen-bond acceptors (Lipinski definition) is 6. The summed E-state index contributed by atoms with van der Waals surface area (Å²) in [7, 11) is 0. The molecule has 0 aliphatic rings. The molecule has 0 amide bonds. The Bertz CT molecular complexity index is 1290. The fourth-order valence-corrected chi connectivity index (χ4v) is 8.30. The number of carbonyl (C=O) groups is 3. The molecule has 0 aromatic rings. The smallest absolute Gasteiger partial charge is 0.306 e. The summed E-state index contributed by atoms with van der Waals surface area (Å²) in [6, 6.07) is 0. The highest BCUT2D eigenvalue weighted by Gasteiger charge is 2.19. The maximum Gasteiger partial charge on any atom is 0.306 e. The second kappa shape index (κ2) is 57.4. The number of hydrogen-bond donors (Lipinski definition) is 0. The van der Waals surface area contributed by atoms with Crippen LogP contribution in [0.4, 0.5) is 0 Å². The molecule has 0 radical (unpaired) electrons. The maximum atomic E-state index is 12.8. The summed E-state index contributed by atoms with van der Waals surface area (Å²) < 4.78 is 16.8. The minimum absolute atomic E-state index is 0.0981. The van der Waals surface area contributed by atoms with Gasteiger partial charge >= 0.3 is 17.9 Å². The topological polar surface area (TPSA) is 78.9 Å². The molecule has 0 N–H and O–H groups in total. The number of carbonyl (C=O) groups excluding carboxylic acids is 3. The van der Waals surface area contributed by atoms with Crippen LogP contribution in [0.25, 0.3) is 0 Å². The normalized spacial score (nSPS) is 12.6. The lowest BCUT2D eigenvalue weighted by Gasteiger charge is -2.18. The summed E-state index contributed by atoms with van der Waals surface area (Å²) in [4.78, 5) is 38.2. The summed E-state index contributed by atoms with van der Waals surface area (Å²) in [5.74, 6) is -0.955. The van der Waals surface area contributed by atoms with Gasteiger partial charge in [0.25, 0.3) is 0 Å². The number of esters is 3. The third-order valence-electron chi connectivity index (χ3n) is 12.7. The van der Waals surface area contributed by atoms with E-state index in [4.69, 9.17) is 14.2 Å². The van der Waals surface area contributed by atoms with E-state index in [1.54, 1.807) is 0 Å². The Morgan fingerprint density at radius 2 is 0.580 bits per heavy atom. The Hall–Kier alpha value is -3.15. The summed E-state index contributed by atoms with van der Waals surface area (Å²) in [5, 5.41) is 0. The highest BCUT2D eigenvalue weighted by molar-refractivity contribution is 5.71. The molecule has 0 bridgehead atoms. The van der Waals surface area contributed by atoms with Crippen molar-refractivity contribution in [2.75, 3.05) is 13.2 Å². The molecule has 0 saturated carbocycles. The molecule has 1 atom stereocenters. The quantitative estimate of drug-likeness (QED) is 0.0262. The largest absolute Gasteiger partial charge is 0.462 e. The van der Waals surface area contributed by atoms with Crippen LogP contribution in [-0.4, -0.2) is 37.2 Å². The Morgan fingerprint density at radius 1 is 0.304 bits per heavy atom. The highest BCUT2D eigenvalue weighted by Crippen LogP contribution is 2.16. The van der Waals surface area contributed by atoms with Gasteiger partial charge < -0.3 is 14.2 Å². The summed E-state index contributed by atoms with van der Waals surface area (Å²) in [6.07, 6.45) is 73.3. The van der Waals surface area contributed by atoms with Crippen LogP contribution >= 0.6 is 0 Å². The third kappa shape index (κ3) is 55.6. The van der Waals surface area contributed by atoms with E-state index in [0.29, 0.717) is 19.3 Å². The van der Waals surface area contributed by atoms with Gasteiger partial charge in [-0.1, -0.05) is 261 Å². The minimum atomic E-state index is -0.807. The molecule has 69 heavy (non-hydrogen) atoms. The van der Waals surface area contributed by atoms with E-state index in [9.17, 15) is 14.4 Å². The molecule has 0 spiro atoms. The van der Waals surface area contributed by atoms with E-state index in [-0.39, 0.29) is 37.5 Å². The van der Waals surface area contributed by atoms with Crippen molar-refractivity contribution < 1.29 is 28.6 Å². The monoisotopic (exact) mass is 963 g/mol. The zero-order chi connectivity index (χ0) is 50.0. The van der Waals surface area contributed by atoms with Gasteiger partial charge in [-0.15, -0.1) is 0 Å². The zero-order valence-electron chi connectivity index (χ0n) is 45.6. The predicted molar refractivity (Wildman–Crippen MR) is 298 cm³/mol. The van der Waals surface area contributed by atoms with Gasteiger partial charge in [-0.3, -0.25) is 14.4 Å². The van der Waals surface area contributed by atoms with E-state index >= 15 is 0 Å². The average Bonchev–Trinajstić information content (AvgIpc) is 3.35. The Labute approximate surface area is 427 Å². The second-order valence-electron chi connectivity index (χ2n) is 19.5. The van der Waals surface area contributed by atoms with Crippen LogP contribution in [0.2, 0.25) is 0 Å². The molecule has 1 unspecified atom stereocenters. The van der Waals surface area contributed by atoms with Crippen LogP contribution in [-0.2, 0) is 28.6 Å². The lowest BCUT2D eigenvalue weighted by Crippen LogP contribution is -2.30. The van der Waals surface area contributed by atoms with Crippen molar-refractivity contribution in [1.29, 1.82) is 0 Å². The predicted octanol–water partition coefficient (Wildman–Crippen LogP) is 19.8. The van der Waals surface area contributed by atoms with Crippen molar-refractivity contribution in [3.8, 4) is 0 Å². The van der Waals surface area contributed by atoms with Crippen molar-refractivity contribution in [2.24, 2.45) is 0 Å². The van der Waals surface area contributed by atoms with E-state index in [1.807, 2.05) is 0 Å². The van der Waals surface area contributed by atoms with Gasteiger partial charge in [0.2, 0.25) is 0 Å². The highest BCUT2D eigenvalue weighted by atomic mass is 16.6. The number of allylic oxidation sites excluding steroid dienone is 12. The van der Waals surface area contributed by atoms with Crippen molar-refractivity contribution in [3.05, 3.63) is 72.9 Å². The van der Waals surface area contributed by atoms with E-state index < -0.39 is 6.10 Å². The van der Waals surface area contributed by atoms with Gasteiger partial charge in [-0.2, -0.15) is 0 Å². The van der Waals surface area contributed by atoms with E-state index in [2.05, 4.69) is 93.7 Å². The van der Waals surface area contributed by atoms with Crippen molar-refractivity contribution in [2.45, 2.75) is 297 Å². The van der Waals surface area contributed by atoms with Gasteiger partial charge in [0.1, 0.15) is 13.2 Å². The first-order valence-corrected chi connectivity index (χ1v) is 29.4. The van der Waals surface area contributed by atoms with E-state index in [0.717, 1.165) is 83.5 Å². The van der Waals surface area contributed by atoms with Crippen molar-refractivity contribution in [1.82, 2.24) is 0 Å². The molecule has 0 fully saturated rings. The van der Waals surface area contributed by atoms with Crippen molar-refractivity contribution >= 4 is 17.9 Å². The van der Waals surface area contributed by atoms with Crippen LogP contribution in [0.15, 0.2) is 72.9 Å². The molecule has 0 aliphatic carbocycles. The number of unbranched alkanes of at least 4 members (excludes halogenated alkanes) is 30. The minimum Gasteiger partial charge on any atom is -0.462 e. The number of ether oxygens (including phenoxy) is 3. The van der Waals surface area contributed by atoms with Crippen LogP contribution in [0.3, 0.4) is 0 Å². The lowest BCUT2D eigenvalue weighted by molar-refractivity contribution is -0.167. The second-order valence-corrected chi connectivity index (χ2v) is 19.5. The SMILES string of the molecule is CC/C=C\C/C=C\C/C=C\C/C=C\C/C=C\CCCC(=O)OC(COC(=O)CCCCCCC/C=C\CCCCCCCC)COC(=O)CCCCCCCCCCCCCCCCCCCCC. The molecule has 0 heterocycles. The zero-order valence-corrected chi connectivity index (χ0v) is 45.6. The Morgan fingerprint density at radius 3 is 0.942 bits per heavy atom. The molecule has 6 heteroatoms. The van der Waals surface area contributed by atoms with Crippen LogP contribution in [0, 0.1) is 0 Å². The maximum absolute atomic E-state index is 12.8. The van der Waals surface area contributed by atoms with Gasteiger partial charge in [-0.05, 0) is 83.5 Å². The molecule has 0 saturated heterocycles. The van der Waals surface area contributed by atoms with E-state index in [1.165, 1.54) is 161 Å². The molecule has 0 aromatic carbocycles. The average molecular weight is 964 g/mol. The molecule has 398 valence electrons. The summed E-state index contributed by atoms with van der Waals surface area (Å²) in [5.41, 5.74) is 0. The van der Waals surface area contributed by atoms with Crippen LogP contribution in [0.5, 0.6) is 0 Å². The fraction of sp³-hybridized carbons (Fsp3) is 0.762. The lowest BCUT2D eigenvalue weighted by atomic mass is 10.0. The van der Waals surface area contributed by atoms with Gasteiger partial charge in [0, 0.05) is 19.3 Å². The van der Waals surface area contributed by atoms with Gasteiger partial charge in [-0.25, -0.2) is 0 Å². The Balaban J connectivity index is 4.43. The standard InChI is InChI=1S/C63H110O6/c1-4-7-10-13-16-19-22-25-28-30-31-33-35-38-41-44-47-50-53-56-62(65)68-59-60(58-67-61(64)55-52-49-46-43-40-37-34-27-24-21-18-15-12-9-6-3)69-63(66)57-54-51-48-45-42-39-36-32-29-26-23-20-17-14-11-8-5-2/h8,11,17,20,26-27,29,34,36,39,45,48,60H,4-7,9-10,12-16,18-19,21-25,28,30-33,35,37-38,40-44,46-47,49-59H2,1-3H3/b11-8-,20-17-,29-26-,34-27-,39-36-,48-45-. The summed E-state index contributed by atoms with van der Waals surface area (Å²) >= 11 is 0.